The minimum Gasteiger partial charge on any atom is -0.379 e. The molecule has 0 aliphatic rings. The minimum absolute atomic E-state index is 0.492. The molecule has 0 aromatic heterocycles. The fourth-order valence-electron chi connectivity index (χ4n) is 1.65. The van der Waals surface area contributed by atoms with E-state index in [9.17, 15) is 9.90 Å². The van der Waals surface area contributed by atoms with Crippen LogP contribution in [0.1, 0.15) is 18.4 Å². The number of hydrogen-bond acceptors (Lipinski definition) is 4. The van der Waals surface area contributed by atoms with Crippen LogP contribution in [0.5, 0.6) is 0 Å². The van der Waals surface area contributed by atoms with Crippen LogP contribution in [0.25, 0.3) is 0 Å². The highest BCUT2D eigenvalue weighted by molar-refractivity contribution is 5.81. The van der Waals surface area contributed by atoms with Gasteiger partial charge in [0.1, 0.15) is 0 Å². The summed E-state index contributed by atoms with van der Waals surface area (Å²) < 4.78 is 5.54. The second kappa shape index (κ2) is 10.1. The van der Waals surface area contributed by atoms with Crippen molar-refractivity contribution >= 4 is 5.91 Å². The van der Waals surface area contributed by atoms with Crippen LogP contribution in [0, 0.1) is 0 Å². The zero-order valence-corrected chi connectivity index (χ0v) is 12.6. The quantitative estimate of drug-likeness (QED) is 0.429. The number of allylic oxidation sites excluding steroid dienone is 1. The Morgan fingerprint density at radius 3 is 2.76 bits per heavy atom. The number of hydroxylamine groups is 2. The van der Waals surface area contributed by atoms with Crippen LogP contribution >= 0.6 is 0 Å². The maximum absolute atomic E-state index is 11.5. The molecule has 1 atom stereocenters. The molecular formula is C16H23NO4. The Kier molecular flexibility index (Phi) is 8.35. The number of nitrogens with zero attached hydrogens (tertiary/aromatic N) is 1. The zero-order chi connectivity index (χ0) is 15.5. The van der Waals surface area contributed by atoms with Crippen molar-refractivity contribution in [2.75, 3.05) is 20.8 Å². The maximum atomic E-state index is 11.5. The summed E-state index contributed by atoms with van der Waals surface area (Å²) in [7, 11) is 2.83. The Hall–Kier alpha value is -1.69. The molecule has 1 aromatic rings. The second-order valence-corrected chi connectivity index (χ2v) is 4.57. The van der Waals surface area contributed by atoms with Gasteiger partial charge in [0.2, 0.25) is 0 Å². The highest BCUT2D eigenvalue weighted by Crippen LogP contribution is 2.02. The SMILES string of the molecule is CON(C)C(=O)[C@@H](O)/C=C/CCCOCc1ccccc1. The van der Waals surface area contributed by atoms with Crippen molar-refractivity contribution < 1.29 is 19.5 Å². The number of aliphatic hydroxyl groups excluding tert-OH is 1. The molecule has 0 bridgehead atoms. The van der Waals surface area contributed by atoms with E-state index >= 15 is 0 Å². The third-order valence-corrected chi connectivity index (χ3v) is 2.93. The van der Waals surface area contributed by atoms with Crippen LogP contribution in [0.2, 0.25) is 0 Å². The molecule has 21 heavy (non-hydrogen) atoms. The number of benzene rings is 1. The molecule has 0 aliphatic heterocycles. The van der Waals surface area contributed by atoms with Gasteiger partial charge in [-0.3, -0.25) is 9.63 Å². The summed E-state index contributed by atoms with van der Waals surface area (Å²) in [6.45, 7) is 1.24. The molecule has 0 aliphatic carbocycles. The van der Waals surface area contributed by atoms with Gasteiger partial charge in [-0.25, -0.2) is 5.06 Å². The molecule has 1 N–H and O–H groups in total. The van der Waals surface area contributed by atoms with Gasteiger partial charge >= 0.3 is 0 Å². The van der Waals surface area contributed by atoms with E-state index in [0.717, 1.165) is 23.5 Å². The van der Waals surface area contributed by atoms with Crippen molar-refractivity contribution in [1.29, 1.82) is 0 Å². The number of amides is 1. The highest BCUT2D eigenvalue weighted by atomic mass is 16.7. The third-order valence-electron chi connectivity index (χ3n) is 2.93. The van der Waals surface area contributed by atoms with E-state index < -0.39 is 12.0 Å². The van der Waals surface area contributed by atoms with E-state index in [-0.39, 0.29) is 0 Å². The summed E-state index contributed by atoms with van der Waals surface area (Å²) in [5.41, 5.74) is 1.15. The molecule has 0 saturated heterocycles. The van der Waals surface area contributed by atoms with E-state index in [2.05, 4.69) is 0 Å². The molecule has 116 valence electrons. The second-order valence-electron chi connectivity index (χ2n) is 4.57. The predicted octanol–water partition coefficient (Wildman–Crippen LogP) is 1.92. The summed E-state index contributed by atoms with van der Waals surface area (Å²) in [6.07, 6.45) is 3.66. The summed E-state index contributed by atoms with van der Waals surface area (Å²) in [6, 6.07) is 9.98. The van der Waals surface area contributed by atoms with Gasteiger partial charge in [0.05, 0.1) is 13.7 Å². The van der Waals surface area contributed by atoms with Crippen LogP contribution in [0.4, 0.5) is 0 Å². The number of ether oxygens (including phenoxy) is 1. The Bertz CT molecular complexity index is 433. The van der Waals surface area contributed by atoms with Gasteiger partial charge in [-0.05, 0) is 18.4 Å². The van der Waals surface area contributed by atoms with Crippen molar-refractivity contribution in [2.45, 2.75) is 25.6 Å². The lowest BCUT2D eigenvalue weighted by atomic mass is 10.2. The van der Waals surface area contributed by atoms with E-state index in [0.29, 0.717) is 13.2 Å². The van der Waals surface area contributed by atoms with Gasteiger partial charge in [-0.2, -0.15) is 0 Å². The first-order chi connectivity index (χ1) is 10.1. The molecular weight excluding hydrogens is 270 g/mol. The Labute approximate surface area is 125 Å². The molecule has 1 aromatic carbocycles. The lowest BCUT2D eigenvalue weighted by molar-refractivity contribution is -0.175. The average Bonchev–Trinajstić information content (AvgIpc) is 2.53. The third kappa shape index (κ3) is 7.04. The lowest BCUT2D eigenvalue weighted by Gasteiger charge is -2.15. The van der Waals surface area contributed by atoms with Crippen LogP contribution < -0.4 is 0 Å². The molecule has 1 rings (SSSR count). The zero-order valence-electron chi connectivity index (χ0n) is 12.6. The number of unbranched alkanes of at least 4 members (excludes halogenated alkanes) is 1. The Balaban J connectivity index is 2.11. The first-order valence-corrected chi connectivity index (χ1v) is 6.93. The summed E-state index contributed by atoms with van der Waals surface area (Å²) in [5.74, 6) is -0.492. The first-order valence-electron chi connectivity index (χ1n) is 6.93. The Morgan fingerprint density at radius 1 is 1.38 bits per heavy atom. The first kappa shape index (κ1) is 17.4. The smallest absolute Gasteiger partial charge is 0.278 e. The lowest BCUT2D eigenvalue weighted by Crippen LogP contribution is -2.34. The molecule has 0 unspecified atom stereocenters. The van der Waals surface area contributed by atoms with Crippen LogP contribution in [0.3, 0.4) is 0 Å². The monoisotopic (exact) mass is 293 g/mol. The van der Waals surface area contributed by atoms with E-state index in [4.69, 9.17) is 9.57 Å². The molecule has 0 fully saturated rings. The van der Waals surface area contributed by atoms with E-state index in [1.54, 1.807) is 6.08 Å². The van der Waals surface area contributed by atoms with Crippen molar-refractivity contribution in [3.8, 4) is 0 Å². The number of rotatable bonds is 9. The van der Waals surface area contributed by atoms with Crippen molar-refractivity contribution in [2.24, 2.45) is 0 Å². The summed E-state index contributed by atoms with van der Waals surface area (Å²) >= 11 is 0. The van der Waals surface area contributed by atoms with Gasteiger partial charge in [-0.1, -0.05) is 42.5 Å². The van der Waals surface area contributed by atoms with E-state index in [1.807, 2.05) is 30.3 Å². The number of aliphatic hydroxyl groups is 1. The van der Waals surface area contributed by atoms with Crippen molar-refractivity contribution in [1.82, 2.24) is 5.06 Å². The van der Waals surface area contributed by atoms with Gasteiger partial charge in [0, 0.05) is 13.7 Å². The summed E-state index contributed by atoms with van der Waals surface area (Å²) in [5, 5.41) is 10.6. The summed E-state index contributed by atoms with van der Waals surface area (Å²) in [4.78, 5) is 16.2. The fraction of sp³-hybridized carbons (Fsp3) is 0.438. The number of likely N-dealkylation sites (N-methyl/N-ethyl adjacent to an activating group) is 1. The fourth-order valence-corrected chi connectivity index (χ4v) is 1.65. The van der Waals surface area contributed by atoms with E-state index in [1.165, 1.54) is 20.2 Å². The molecule has 5 nitrogen and oxygen atoms in total. The van der Waals surface area contributed by atoms with Crippen LogP contribution in [-0.2, 0) is 21.0 Å². The van der Waals surface area contributed by atoms with Gasteiger partial charge in [-0.15, -0.1) is 0 Å². The Morgan fingerprint density at radius 2 is 2.10 bits per heavy atom. The van der Waals surface area contributed by atoms with Gasteiger partial charge in [0.25, 0.3) is 5.91 Å². The molecule has 1 amide bonds. The molecule has 0 radical (unpaired) electrons. The number of hydrogen-bond donors (Lipinski definition) is 1. The van der Waals surface area contributed by atoms with Crippen LogP contribution in [-0.4, -0.2) is 42.9 Å². The predicted molar refractivity (Wildman–Crippen MR) is 80.3 cm³/mol. The highest BCUT2D eigenvalue weighted by Gasteiger charge is 2.15. The van der Waals surface area contributed by atoms with Gasteiger partial charge < -0.3 is 9.84 Å². The largest absolute Gasteiger partial charge is 0.379 e. The van der Waals surface area contributed by atoms with Crippen molar-refractivity contribution in [3.05, 3.63) is 48.0 Å². The number of carbonyl (C=O) groups is 1. The van der Waals surface area contributed by atoms with Gasteiger partial charge in [0.15, 0.2) is 6.10 Å². The maximum Gasteiger partial charge on any atom is 0.278 e. The molecule has 0 spiro atoms. The molecule has 0 saturated carbocycles. The van der Waals surface area contributed by atoms with Crippen LogP contribution in [0.15, 0.2) is 42.5 Å². The molecule has 0 heterocycles. The topological polar surface area (TPSA) is 59.0 Å². The minimum atomic E-state index is -1.17. The number of carbonyl (C=O) groups excluding carboxylic acids is 1. The molecule has 5 heteroatoms. The standard InChI is InChI=1S/C16H23NO4/c1-17(20-2)16(19)15(18)11-7-4-8-12-21-13-14-9-5-3-6-10-14/h3,5-7,9-11,15,18H,4,8,12-13H2,1-2H3/b11-7+/t15-/m0/s1. The van der Waals surface area contributed by atoms with Crippen molar-refractivity contribution in [3.63, 3.8) is 0 Å². The average molecular weight is 293 g/mol. The normalized spacial score (nSPS) is 12.5.